The van der Waals surface area contributed by atoms with Crippen molar-refractivity contribution in [1.29, 1.82) is 0 Å². The van der Waals surface area contributed by atoms with E-state index in [-0.39, 0.29) is 12.2 Å². The Morgan fingerprint density at radius 2 is 1.82 bits per heavy atom. The molecule has 4 rings (SSSR count). The third-order valence-electron chi connectivity index (χ3n) is 5.10. The minimum Gasteiger partial charge on any atom is -0.319 e. The quantitative estimate of drug-likeness (QED) is 0.535. The van der Waals surface area contributed by atoms with Crippen LogP contribution in [0, 0.1) is 5.82 Å². The van der Waals surface area contributed by atoms with Crippen molar-refractivity contribution >= 4 is 33.0 Å². The van der Waals surface area contributed by atoms with Crippen molar-refractivity contribution in [2.75, 3.05) is 10.7 Å². The highest BCUT2D eigenvalue weighted by Crippen LogP contribution is 2.37. The second kappa shape index (κ2) is 8.60. The second-order valence-corrected chi connectivity index (χ2v) is 9.94. The van der Waals surface area contributed by atoms with Gasteiger partial charge in [0.2, 0.25) is 5.91 Å². The first-order chi connectivity index (χ1) is 15.9. The molecule has 2 aromatic carbocycles. The standard InChI is InChI=1S/C21H15ClF4N4O3S/c22-12-3-1-11(2-4-12)9-30-16-7-13(19-28-6-5-18(29-19)21(24,25)26)14(23)8-17(16)34(32,33)10-15(27)20(30)31/h1-8,15H,9-10,27H2/t15-/m0/s1. The second-order valence-electron chi connectivity index (χ2n) is 7.50. The number of rotatable bonds is 3. The molecule has 1 amide bonds. The van der Waals surface area contributed by atoms with Crippen molar-refractivity contribution in [3.8, 4) is 11.4 Å². The fraction of sp³-hybridized carbons (Fsp3) is 0.190. The molecule has 7 nitrogen and oxygen atoms in total. The number of hydrogen-bond donors (Lipinski definition) is 1. The smallest absolute Gasteiger partial charge is 0.319 e. The van der Waals surface area contributed by atoms with E-state index in [1.165, 1.54) is 0 Å². The molecule has 34 heavy (non-hydrogen) atoms. The van der Waals surface area contributed by atoms with Gasteiger partial charge in [0, 0.05) is 11.2 Å². The molecule has 3 aromatic rings. The average molecular weight is 515 g/mol. The summed E-state index contributed by atoms with van der Waals surface area (Å²) < 4.78 is 80.0. The summed E-state index contributed by atoms with van der Waals surface area (Å²) in [6.45, 7) is -0.152. The number of nitrogens with two attached hydrogens (primary N) is 1. The number of aromatic nitrogens is 2. The van der Waals surface area contributed by atoms with Gasteiger partial charge in [-0.2, -0.15) is 13.2 Å². The van der Waals surface area contributed by atoms with E-state index < -0.39 is 61.5 Å². The number of fused-ring (bicyclic) bond motifs is 1. The Balaban J connectivity index is 1.92. The van der Waals surface area contributed by atoms with E-state index in [0.717, 1.165) is 17.2 Å². The molecule has 0 saturated carbocycles. The maximum atomic E-state index is 15.0. The van der Waals surface area contributed by atoms with Gasteiger partial charge in [-0.25, -0.2) is 22.8 Å². The van der Waals surface area contributed by atoms with Gasteiger partial charge in [-0.1, -0.05) is 23.7 Å². The largest absolute Gasteiger partial charge is 0.433 e. The SMILES string of the molecule is N[C@H]1CS(=O)(=O)c2cc(F)c(-c3nccc(C(F)(F)F)n3)cc2N(Cc2ccc(Cl)cc2)C1=O. The summed E-state index contributed by atoms with van der Waals surface area (Å²) >= 11 is 5.89. The monoisotopic (exact) mass is 514 g/mol. The molecule has 0 bridgehead atoms. The normalized spacial score (nSPS) is 17.9. The van der Waals surface area contributed by atoms with Crippen molar-refractivity contribution in [2.45, 2.75) is 23.7 Å². The number of halogens is 5. The van der Waals surface area contributed by atoms with Gasteiger partial charge in [-0.05, 0) is 35.9 Å². The number of carbonyl (C=O) groups is 1. The molecule has 0 saturated heterocycles. The molecular weight excluding hydrogens is 500 g/mol. The van der Waals surface area contributed by atoms with Gasteiger partial charge < -0.3 is 10.6 Å². The van der Waals surface area contributed by atoms with E-state index in [9.17, 15) is 30.8 Å². The summed E-state index contributed by atoms with van der Waals surface area (Å²) in [4.78, 5) is 20.6. The maximum Gasteiger partial charge on any atom is 0.433 e. The average Bonchev–Trinajstić information content (AvgIpc) is 2.83. The lowest BCUT2D eigenvalue weighted by atomic mass is 10.1. The van der Waals surface area contributed by atoms with Crippen LogP contribution in [0.5, 0.6) is 0 Å². The molecule has 1 aliphatic rings. The molecule has 0 aliphatic carbocycles. The molecule has 0 unspecified atom stereocenters. The minimum atomic E-state index is -4.81. The van der Waals surface area contributed by atoms with Crippen molar-refractivity contribution in [3.63, 3.8) is 0 Å². The first kappa shape index (κ1) is 24.0. The van der Waals surface area contributed by atoms with E-state index in [0.29, 0.717) is 22.7 Å². The van der Waals surface area contributed by atoms with E-state index >= 15 is 0 Å². The highest BCUT2D eigenvalue weighted by molar-refractivity contribution is 7.91. The van der Waals surface area contributed by atoms with Crippen LogP contribution in [-0.2, 0) is 27.4 Å². The summed E-state index contributed by atoms with van der Waals surface area (Å²) in [7, 11) is -4.21. The molecule has 1 atom stereocenters. The number of amides is 1. The van der Waals surface area contributed by atoms with Crippen molar-refractivity contribution < 1.29 is 30.8 Å². The lowest BCUT2D eigenvalue weighted by Crippen LogP contribution is -2.45. The molecular formula is C21H15ClF4N4O3S. The van der Waals surface area contributed by atoms with E-state index in [1.807, 2.05) is 0 Å². The third-order valence-corrected chi connectivity index (χ3v) is 7.14. The Kier molecular flexibility index (Phi) is 6.08. The number of hydrogen-bond acceptors (Lipinski definition) is 6. The number of alkyl halides is 3. The van der Waals surface area contributed by atoms with E-state index in [4.69, 9.17) is 17.3 Å². The van der Waals surface area contributed by atoms with Crippen molar-refractivity contribution in [3.05, 3.63) is 70.8 Å². The molecule has 13 heteroatoms. The van der Waals surface area contributed by atoms with Gasteiger partial charge in [-0.15, -0.1) is 0 Å². The number of sulfone groups is 1. The Hall–Kier alpha value is -3.09. The Bertz CT molecular complexity index is 1380. The summed E-state index contributed by atoms with van der Waals surface area (Å²) in [5.74, 6) is -3.33. The van der Waals surface area contributed by atoms with Crippen LogP contribution in [0.15, 0.2) is 53.6 Å². The molecule has 2 heterocycles. The van der Waals surface area contributed by atoms with Crippen molar-refractivity contribution in [1.82, 2.24) is 9.97 Å². The van der Waals surface area contributed by atoms with Gasteiger partial charge in [0.25, 0.3) is 0 Å². The van der Waals surface area contributed by atoms with E-state index in [2.05, 4.69) is 9.97 Å². The van der Waals surface area contributed by atoms with Gasteiger partial charge in [0.1, 0.15) is 11.5 Å². The maximum absolute atomic E-state index is 15.0. The van der Waals surface area contributed by atoms with Crippen LogP contribution < -0.4 is 10.6 Å². The predicted molar refractivity (Wildman–Crippen MR) is 115 cm³/mol. The lowest BCUT2D eigenvalue weighted by molar-refractivity contribution is -0.141. The number of carbonyl (C=O) groups excluding carboxylic acids is 1. The zero-order valence-electron chi connectivity index (χ0n) is 17.1. The number of anilines is 1. The van der Waals surface area contributed by atoms with Crippen LogP contribution >= 0.6 is 11.6 Å². The summed E-state index contributed by atoms with van der Waals surface area (Å²) in [5, 5.41) is 0.427. The van der Waals surface area contributed by atoms with Crippen LogP contribution in [0.1, 0.15) is 11.3 Å². The Labute approximate surface area is 196 Å². The summed E-state index contributed by atoms with van der Waals surface area (Å²) in [6.07, 6.45) is -4.01. The van der Waals surface area contributed by atoms with Gasteiger partial charge in [0.05, 0.1) is 34.5 Å². The fourth-order valence-electron chi connectivity index (χ4n) is 3.47. The first-order valence-electron chi connectivity index (χ1n) is 9.65. The van der Waals surface area contributed by atoms with Crippen LogP contribution in [0.3, 0.4) is 0 Å². The Morgan fingerprint density at radius 1 is 1.15 bits per heavy atom. The first-order valence-corrected chi connectivity index (χ1v) is 11.7. The van der Waals surface area contributed by atoms with E-state index in [1.54, 1.807) is 24.3 Å². The molecule has 1 aromatic heterocycles. The van der Waals surface area contributed by atoms with Gasteiger partial charge in [-0.3, -0.25) is 4.79 Å². The van der Waals surface area contributed by atoms with Crippen molar-refractivity contribution in [2.24, 2.45) is 5.73 Å². The minimum absolute atomic E-state index is 0.152. The highest BCUT2D eigenvalue weighted by Gasteiger charge is 2.38. The molecule has 2 N–H and O–H groups in total. The van der Waals surface area contributed by atoms with Crippen LogP contribution in [0.4, 0.5) is 23.2 Å². The topological polar surface area (TPSA) is 106 Å². The van der Waals surface area contributed by atoms with Crippen LogP contribution in [-0.4, -0.2) is 36.1 Å². The number of benzene rings is 2. The highest BCUT2D eigenvalue weighted by atomic mass is 35.5. The summed E-state index contributed by atoms with van der Waals surface area (Å²) in [6, 6.07) is 7.08. The van der Waals surface area contributed by atoms with Gasteiger partial charge in [0.15, 0.2) is 15.7 Å². The molecule has 1 aliphatic heterocycles. The zero-order valence-corrected chi connectivity index (χ0v) is 18.6. The Morgan fingerprint density at radius 3 is 2.47 bits per heavy atom. The predicted octanol–water partition coefficient (Wildman–Crippen LogP) is 3.60. The summed E-state index contributed by atoms with van der Waals surface area (Å²) in [5.41, 5.74) is 4.31. The van der Waals surface area contributed by atoms with Crippen LogP contribution in [0.25, 0.3) is 11.4 Å². The molecule has 178 valence electrons. The van der Waals surface area contributed by atoms with Gasteiger partial charge >= 0.3 is 6.18 Å². The van der Waals surface area contributed by atoms with Crippen LogP contribution in [0.2, 0.25) is 5.02 Å². The zero-order chi connectivity index (χ0) is 24.8. The lowest BCUT2D eigenvalue weighted by Gasteiger charge is -2.25. The molecule has 0 radical (unpaired) electrons. The fourth-order valence-corrected chi connectivity index (χ4v) is 5.16. The number of nitrogens with zero attached hydrogens (tertiary/aromatic N) is 3. The molecule has 0 fully saturated rings. The molecule has 0 spiro atoms. The third kappa shape index (κ3) is 4.61.